The summed E-state index contributed by atoms with van der Waals surface area (Å²) in [7, 11) is 0. The molecule has 1 heterocycles. The van der Waals surface area contributed by atoms with Gasteiger partial charge in [0, 0.05) is 0 Å². The summed E-state index contributed by atoms with van der Waals surface area (Å²) in [4.78, 5) is 0. The highest BCUT2D eigenvalue weighted by Crippen LogP contribution is 2.28. The minimum absolute atomic E-state index is 0.556. The zero-order valence-electron chi connectivity index (χ0n) is 4.14. The normalized spacial score (nSPS) is 11.9. The minimum atomic E-state index is -4.33. The zero-order valence-corrected chi connectivity index (χ0v) is 4.14. The molecule has 2 nitrogen and oxygen atoms in total. The molecular weight excluding hydrogens is 135 g/mol. The number of halogens is 3. The van der Waals surface area contributed by atoms with E-state index in [2.05, 4.69) is 9.68 Å². The number of hydrogen-bond acceptors (Lipinski definition) is 2. The van der Waals surface area contributed by atoms with Crippen molar-refractivity contribution in [1.82, 2.24) is 5.16 Å². The smallest absolute Gasteiger partial charge is 0.364 e. The van der Waals surface area contributed by atoms with Gasteiger partial charge in [0.2, 0.25) is 0 Å². The van der Waals surface area contributed by atoms with E-state index in [9.17, 15) is 13.2 Å². The van der Waals surface area contributed by atoms with Crippen molar-refractivity contribution in [1.29, 1.82) is 0 Å². The first-order chi connectivity index (χ1) is 4.11. The lowest BCUT2D eigenvalue weighted by Gasteiger charge is -1.97. The number of nitrogens with zero attached hydrogens (tertiary/aromatic N) is 1. The standard InChI is InChI=1S/C4H2F3NO/c5-4(6,7)3-1-8-9-2-3/h1-2H. The van der Waals surface area contributed by atoms with Crippen LogP contribution in [0.25, 0.3) is 0 Å². The van der Waals surface area contributed by atoms with Crippen LogP contribution >= 0.6 is 0 Å². The molecule has 0 N–H and O–H groups in total. The van der Waals surface area contributed by atoms with Crippen LogP contribution in [-0.2, 0) is 6.18 Å². The summed E-state index contributed by atoms with van der Waals surface area (Å²) in [6.45, 7) is 0. The van der Waals surface area contributed by atoms with Crippen LogP contribution in [0.5, 0.6) is 0 Å². The molecule has 0 aromatic carbocycles. The van der Waals surface area contributed by atoms with Crippen LogP contribution in [0.1, 0.15) is 5.56 Å². The number of alkyl halides is 3. The summed E-state index contributed by atoms with van der Waals surface area (Å²) < 4.78 is 38.5. The molecule has 9 heavy (non-hydrogen) atoms. The van der Waals surface area contributed by atoms with Gasteiger partial charge in [-0.25, -0.2) is 0 Å². The van der Waals surface area contributed by atoms with Crippen LogP contribution in [0, 0.1) is 0 Å². The summed E-state index contributed by atoms with van der Waals surface area (Å²) in [5, 5.41) is 2.89. The Balaban J connectivity index is 2.90. The van der Waals surface area contributed by atoms with E-state index in [1.165, 1.54) is 0 Å². The monoisotopic (exact) mass is 137 g/mol. The Bertz CT molecular complexity index is 178. The summed E-state index contributed by atoms with van der Waals surface area (Å²) >= 11 is 0. The van der Waals surface area contributed by atoms with E-state index in [0.717, 1.165) is 0 Å². The molecule has 1 aromatic rings. The fraction of sp³-hybridized carbons (Fsp3) is 0.250. The van der Waals surface area contributed by atoms with Crippen molar-refractivity contribution in [2.24, 2.45) is 0 Å². The first-order valence-electron chi connectivity index (χ1n) is 2.07. The average molecular weight is 137 g/mol. The molecule has 0 saturated carbocycles. The van der Waals surface area contributed by atoms with Crippen LogP contribution in [-0.4, -0.2) is 5.16 Å². The Morgan fingerprint density at radius 2 is 2.11 bits per heavy atom. The highest BCUT2D eigenvalue weighted by Gasteiger charge is 2.32. The maximum Gasteiger partial charge on any atom is 0.421 e. The molecule has 50 valence electrons. The van der Waals surface area contributed by atoms with E-state index in [4.69, 9.17) is 0 Å². The molecule has 0 saturated heterocycles. The fourth-order valence-corrected chi connectivity index (χ4v) is 0.345. The van der Waals surface area contributed by atoms with Gasteiger partial charge in [-0.1, -0.05) is 5.16 Å². The molecule has 5 heteroatoms. The number of rotatable bonds is 0. The molecule has 0 unspecified atom stereocenters. The average Bonchev–Trinajstić information content (AvgIpc) is 2.08. The van der Waals surface area contributed by atoms with Crippen molar-refractivity contribution in [2.45, 2.75) is 6.18 Å². The first kappa shape index (κ1) is 6.12. The predicted octanol–water partition coefficient (Wildman–Crippen LogP) is 1.69. The quantitative estimate of drug-likeness (QED) is 0.543. The molecule has 0 bridgehead atoms. The van der Waals surface area contributed by atoms with Gasteiger partial charge in [-0.15, -0.1) is 0 Å². The molecule has 1 rings (SSSR count). The van der Waals surface area contributed by atoms with Crippen LogP contribution in [0.15, 0.2) is 17.0 Å². The van der Waals surface area contributed by atoms with Gasteiger partial charge >= 0.3 is 6.18 Å². The highest BCUT2D eigenvalue weighted by molar-refractivity contribution is 5.04. The fourth-order valence-electron chi connectivity index (χ4n) is 0.345. The Hall–Kier alpha value is -1.00. The van der Waals surface area contributed by atoms with E-state index in [1.807, 2.05) is 0 Å². The van der Waals surface area contributed by atoms with Gasteiger partial charge in [0.15, 0.2) is 0 Å². The first-order valence-corrected chi connectivity index (χ1v) is 2.07. The van der Waals surface area contributed by atoms with Gasteiger partial charge in [0.1, 0.15) is 11.8 Å². The van der Waals surface area contributed by atoms with Crippen molar-refractivity contribution >= 4 is 0 Å². The lowest BCUT2D eigenvalue weighted by molar-refractivity contribution is -0.137. The van der Waals surface area contributed by atoms with E-state index in [1.54, 1.807) is 0 Å². The van der Waals surface area contributed by atoms with Crippen molar-refractivity contribution in [3.63, 3.8) is 0 Å². The molecule has 0 amide bonds. The van der Waals surface area contributed by atoms with Crippen molar-refractivity contribution in [2.75, 3.05) is 0 Å². The van der Waals surface area contributed by atoms with Gasteiger partial charge in [-0.3, -0.25) is 0 Å². The lowest BCUT2D eigenvalue weighted by atomic mass is 10.4. The third-order valence-corrected chi connectivity index (χ3v) is 0.760. The van der Waals surface area contributed by atoms with Gasteiger partial charge in [0.25, 0.3) is 0 Å². The second-order valence-corrected chi connectivity index (χ2v) is 1.41. The summed E-state index contributed by atoms with van der Waals surface area (Å²) in [5.41, 5.74) is -0.859. The highest BCUT2D eigenvalue weighted by atomic mass is 19.4. The molecule has 0 aliphatic heterocycles. The van der Waals surface area contributed by atoms with Crippen molar-refractivity contribution < 1.29 is 17.7 Å². The molecule has 0 atom stereocenters. The molecule has 1 aromatic heterocycles. The Morgan fingerprint density at radius 3 is 2.33 bits per heavy atom. The van der Waals surface area contributed by atoms with Crippen LogP contribution in [0.3, 0.4) is 0 Å². The van der Waals surface area contributed by atoms with Crippen molar-refractivity contribution in [3.05, 3.63) is 18.0 Å². The van der Waals surface area contributed by atoms with E-state index >= 15 is 0 Å². The van der Waals surface area contributed by atoms with E-state index in [0.29, 0.717) is 12.5 Å². The van der Waals surface area contributed by atoms with Gasteiger partial charge in [-0.2, -0.15) is 13.2 Å². The van der Waals surface area contributed by atoms with Crippen LogP contribution in [0.2, 0.25) is 0 Å². The van der Waals surface area contributed by atoms with Gasteiger partial charge in [0.05, 0.1) is 6.20 Å². The number of hydrogen-bond donors (Lipinski definition) is 0. The zero-order chi connectivity index (χ0) is 6.91. The SMILES string of the molecule is FC(F)(F)c1cnoc1. The third-order valence-electron chi connectivity index (χ3n) is 0.760. The van der Waals surface area contributed by atoms with Crippen LogP contribution < -0.4 is 0 Å². The Morgan fingerprint density at radius 1 is 1.44 bits per heavy atom. The second kappa shape index (κ2) is 1.75. The number of aromatic nitrogens is 1. The predicted molar refractivity (Wildman–Crippen MR) is 21.5 cm³/mol. The molecule has 0 aliphatic rings. The van der Waals surface area contributed by atoms with E-state index in [-0.39, 0.29) is 0 Å². The van der Waals surface area contributed by atoms with Gasteiger partial charge < -0.3 is 4.52 Å². The van der Waals surface area contributed by atoms with Crippen LogP contribution in [0.4, 0.5) is 13.2 Å². The molecule has 0 fully saturated rings. The van der Waals surface area contributed by atoms with Crippen molar-refractivity contribution in [3.8, 4) is 0 Å². The Labute approximate surface area is 48.3 Å². The summed E-state index contributed by atoms with van der Waals surface area (Å²) in [6, 6.07) is 0. The lowest BCUT2D eigenvalue weighted by Crippen LogP contribution is -2.01. The Kier molecular flexibility index (Phi) is 1.19. The van der Waals surface area contributed by atoms with Gasteiger partial charge in [-0.05, 0) is 0 Å². The topological polar surface area (TPSA) is 26.0 Å². The van der Waals surface area contributed by atoms with E-state index < -0.39 is 11.7 Å². The summed E-state index contributed by atoms with van der Waals surface area (Å²) in [6.07, 6.45) is -3.15. The maximum absolute atomic E-state index is 11.5. The third kappa shape index (κ3) is 1.22. The molecule has 0 spiro atoms. The minimum Gasteiger partial charge on any atom is -0.364 e. The molecule has 0 radical (unpaired) electrons. The second-order valence-electron chi connectivity index (χ2n) is 1.41. The molecule has 0 aliphatic carbocycles. The largest absolute Gasteiger partial charge is 0.421 e. The summed E-state index contributed by atoms with van der Waals surface area (Å²) in [5.74, 6) is 0. The maximum atomic E-state index is 11.5. The molecular formula is C4H2F3NO.